The van der Waals surface area contributed by atoms with Crippen molar-refractivity contribution in [3.05, 3.63) is 66.9 Å². The van der Waals surface area contributed by atoms with Crippen molar-refractivity contribution in [3.8, 4) is 0 Å². The van der Waals surface area contributed by atoms with Crippen LogP contribution in [0.2, 0.25) is 0 Å². The maximum atomic E-state index is 11.8. The van der Waals surface area contributed by atoms with Gasteiger partial charge in [-0.25, -0.2) is 4.79 Å². The number of nitrogens with zero attached hydrogens (tertiary/aromatic N) is 2. The molecule has 0 saturated carbocycles. The van der Waals surface area contributed by atoms with Gasteiger partial charge in [-0.1, -0.05) is 36.4 Å². The first-order valence-electron chi connectivity index (χ1n) is 5.98. The molecule has 0 bridgehead atoms. The van der Waals surface area contributed by atoms with Gasteiger partial charge < -0.3 is 5.73 Å². The fourth-order valence-corrected chi connectivity index (χ4v) is 2.17. The van der Waals surface area contributed by atoms with Crippen molar-refractivity contribution in [3.63, 3.8) is 0 Å². The summed E-state index contributed by atoms with van der Waals surface area (Å²) in [4.78, 5) is 11.8. The first-order chi connectivity index (χ1) is 9.27. The Morgan fingerprint density at radius 2 is 1.63 bits per heavy atom. The number of amides is 2. The Hall–Kier alpha value is -2.75. The van der Waals surface area contributed by atoms with Gasteiger partial charge in [0.25, 0.3) is 0 Å². The molecule has 0 fully saturated rings. The number of anilines is 1. The normalized spacial score (nSPS) is 10.5. The summed E-state index contributed by atoms with van der Waals surface area (Å²) < 4.78 is 1.76. The van der Waals surface area contributed by atoms with Gasteiger partial charge >= 0.3 is 6.03 Å². The number of rotatable bonds is 2. The number of hydrogen-bond donors (Lipinski definition) is 1. The molecule has 2 amide bonds. The molecule has 0 saturated heterocycles. The highest BCUT2D eigenvalue weighted by atomic mass is 16.2. The predicted molar refractivity (Wildman–Crippen MR) is 75.8 cm³/mol. The first kappa shape index (κ1) is 11.3. The van der Waals surface area contributed by atoms with Gasteiger partial charge in [0, 0.05) is 11.6 Å². The van der Waals surface area contributed by atoms with Gasteiger partial charge in [0.1, 0.15) is 0 Å². The summed E-state index contributed by atoms with van der Waals surface area (Å²) in [5.74, 6) is 0. The monoisotopic (exact) mass is 251 g/mol. The molecule has 0 aliphatic carbocycles. The highest BCUT2D eigenvalue weighted by Crippen LogP contribution is 2.21. The van der Waals surface area contributed by atoms with Crippen molar-refractivity contribution in [2.24, 2.45) is 5.73 Å². The number of aromatic nitrogens is 1. The highest BCUT2D eigenvalue weighted by molar-refractivity contribution is 5.93. The number of benzene rings is 2. The minimum Gasteiger partial charge on any atom is -0.350 e. The molecule has 0 unspecified atom stereocenters. The van der Waals surface area contributed by atoms with E-state index in [2.05, 4.69) is 0 Å². The Morgan fingerprint density at radius 3 is 2.37 bits per heavy atom. The lowest BCUT2D eigenvalue weighted by Crippen LogP contribution is -2.39. The van der Waals surface area contributed by atoms with E-state index in [1.54, 1.807) is 4.68 Å². The summed E-state index contributed by atoms with van der Waals surface area (Å²) >= 11 is 0. The van der Waals surface area contributed by atoms with Gasteiger partial charge in [0.15, 0.2) is 0 Å². The molecule has 0 spiro atoms. The predicted octanol–water partition coefficient (Wildman–Crippen LogP) is 2.99. The zero-order valence-electron chi connectivity index (χ0n) is 10.2. The Bertz CT molecular complexity index is 718. The smallest absolute Gasteiger partial charge is 0.338 e. The molecule has 4 heteroatoms. The lowest BCUT2D eigenvalue weighted by Gasteiger charge is -2.22. The van der Waals surface area contributed by atoms with E-state index in [0.717, 1.165) is 16.6 Å². The van der Waals surface area contributed by atoms with E-state index in [4.69, 9.17) is 5.73 Å². The van der Waals surface area contributed by atoms with Crippen molar-refractivity contribution in [1.82, 2.24) is 4.68 Å². The summed E-state index contributed by atoms with van der Waals surface area (Å²) in [6.07, 6.45) is 1.84. The van der Waals surface area contributed by atoms with Crippen LogP contribution in [0.4, 0.5) is 10.5 Å². The third-order valence-corrected chi connectivity index (χ3v) is 3.00. The van der Waals surface area contributed by atoms with E-state index in [-0.39, 0.29) is 0 Å². The third kappa shape index (κ3) is 1.93. The zero-order chi connectivity index (χ0) is 13.2. The summed E-state index contributed by atoms with van der Waals surface area (Å²) in [6.45, 7) is 0. The summed E-state index contributed by atoms with van der Waals surface area (Å²) in [5.41, 5.74) is 7.19. The second-order valence-electron chi connectivity index (χ2n) is 4.20. The quantitative estimate of drug-likeness (QED) is 0.748. The largest absolute Gasteiger partial charge is 0.350 e. The van der Waals surface area contributed by atoms with Crippen LogP contribution in [0.15, 0.2) is 66.9 Å². The van der Waals surface area contributed by atoms with E-state index in [1.165, 1.54) is 5.01 Å². The number of carbonyl (C=O) groups is 1. The number of urea groups is 1. The van der Waals surface area contributed by atoms with Gasteiger partial charge in [0.2, 0.25) is 0 Å². The minimum absolute atomic E-state index is 0.521. The van der Waals surface area contributed by atoms with E-state index >= 15 is 0 Å². The van der Waals surface area contributed by atoms with Gasteiger partial charge in [-0.05, 0) is 24.3 Å². The Balaban J connectivity index is 2.18. The van der Waals surface area contributed by atoms with Crippen LogP contribution in [0.5, 0.6) is 0 Å². The molecule has 3 rings (SSSR count). The number of hydrogen-bond acceptors (Lipinski definition) is 1. The van der Waals surface area contributed by atoms with Crippen molar-refractivity contribution in [2.45, 2.75) is 0 Å². The van der Waals surface area contributed by atoms with Gasteiger partial charge in [-0.2, -0.15) is 5.01 Å². The molecule has 2 N–H and O–H groups in total. The molecule has 1 heterocycles. The summed E-state index contributed by atoms with van der Waals surface area (Å²) in [7, 11) is 0. The molecular weight excluding hydrogens is 238 g/mol. The van der Waals surface area contributed by atoms with E-state index in [1.807, 2.05) is 66.9 Å². The third-order valence-electron chi connectivity index (χ3n) is 3.00. The average Bonchev–Trinajstić information content (AvgIpc) is 2.84. The fourth-order valence-electron chi connectivity index (χ4n) is 2.17. The molecule has 0 radical (unpaired) electrons. The molecule has 0 atom stereocenters. The van der Waals surface area contributed by atoms with Crippen LogP contribution in [0.3, 0.4) is 0 Å². The van der Waals surface area contributed by atoms with Crippen LogP contribution in [0.1, 0.15) is 0 Å². The van der Waals surface area contributed by atoms with Crippen molar-refractivity contribution in [1.29, 1.82) is 0 Å². The summed E-state index contributed by atoms with van der Waals surface area (Å²) in [6, 6.07) is 18.6. The highest BCUT2D eigenvalue weighted by Gasteiger charge is 2.15. The van der Waals surface area contributed by atoms with Crippen LogP contribution in [0, 0.1) is 0 Å². The number of fused-ring (bicyclic) bond motifs is 1. The lowest BCUT2D eigenvalue weighted by atomic mass is 10.2. The Kier molecular flexibility index (Phi) is 2.68. The van der Waals surface area contributed by atoms with Crippen LogP contribution in [-0.4, -0.2) is 10.7 Å². The Morgan fingerprint density at radius 1 is 0.947 bits per heavy atom. The molecule has 1 aromatic heterocycles. The molecule has 2 aromatic carbocycles. The molecule has 94 valence electrons. The second kappa shape index (κ2) is 4.49. The average molecular weight is 251 g/mol. The molecule has 0 aliphatic heterocycles. The molecular formula is C15H13N3O. The molecule has 0 aliphatic rings. The number of primary amides is 1. The van der Waals surface area contributed by atoms with Gasteiger partial charge in [-0.3, -0.25) is 4.68 Å². The van der Waals surface area contributed by atoms with Gasteiger partial charge in [-0.15, -0.1) is 0 Å². The second-order valence-corrected chi connectivity index (χ2v) is 4.20. The number of para-hydroxylation sites is 2. The first-order valence-corrected chi connectivity index (χ1v) is 5.98. The van der Waals surface area contributed by atoms with Crippen molar-refractivity contribution in [2.75, 3.05) is 5.01 Å². The lowest BCUT2D eigenvalue weighted by molar-refractivity contribution is 0.252. The maximum absolute atomic E-state index is 11.8. The van der Waals surface area contributed by atoms with E-state index in [9.17, 15) is 4.79 Å². The van der Waals surface area contributed by atoms with Crippen molar-refractivity contribution >= 4 is 22.6 Å². The van der Waals surface area contributed by atoms with Crippen LogP contribution >= 0.6 is 0 Å². The topological polar surface area (TPSA) is 51.3 Å². The van der Waals surface area contributed by atoms with Gasteiger partial charge in [0.05, 0.1) is 11.2 Å². The zero-order valence-corrected chi connectivity index (χ0v) is 10.2. The van der Waals surface area contributed by atoms with Crippen molar-refractivity contribution < 1.29 is 4.79 Å². The van der Waals surface area contributed by atoms with Crippen LogP contribution in [-0.2, 0) is 0 Å². The maximum Gasteiger partial charge on any atom is 0.338 e. The molecule has 3 aromatic rings. The minimum atomic E-state index is -0.521. The number of carbonyl (C=O) groups excluding carboxylic acids is 1. The molecule has 4 nitrogen and oxygen atoms in total. The van der Waals surface area contributed by atoms with E-state index < -0.39 is 6.03 Å². The molecule has 19 heavy (non-hydrogen) atoms. The standard InChI is InChI=1S/C15H13N3O/c16-15(19)18(13-7-2-1-3-8-13)17-11-10-12-6-4-5-9-14(12)17/h1-11H,(H2,16,19). The summed E-state index contributed by atoms with van der Waals surface area (Å²) in [5, 5.41) is 2.51. The fraction of sp³-hybridized carbons (Fsp3) is 0. The van der Waals surface area contributed by atoms with Crippen LogP contribution < -0.4 is 10.7 Å². The van der Waals surface area contributed by atoms with Crippen LogP contribution in [0.25, 0.3) is 10.9 Å². The Labute approximate surface area is 110 Å². The van der Waals surface area contributed by atoms with E-state index in [0.29, 0.717) is 0 Å². The SMILES string of the molecule is NC(=O)N(c1ccccc1)n1ccc2ccccc21. The number of nitrogens with two attached hydrogens (primary N) is 1.